The van der Waals surface area contributed by atoms with E-state index in [4.69, 9.17) is 9.47 Å². The first-order valence-electron chi connectivity index (χ1n) is 4.51. The van der Waals surface area contributed by atoms with Gasteiger partial charge in [0.25, 0.3) is 0 Å². The van der Waals surface area contributed by atoms with E-state index in [0.29, 0.717) is 25.5 Å². The lowest BCUT2D eigenvalue weighted by atomic mass is 10.1. The van der Waals surface area contributed by atoms with Crippen molar-refractivity contribution in [1.29, 1.82) is 0 Å². The zero-order valence-corrected chi connectivity index (χ0v) is 7.96. The van der Waals surface area contributed by atoms with Crippen LogP contribution >= 0.6 is 0 Å². The number of ether oxygens (including phenoxy) is 2. The van der Waals surface area contributed by atoms with Crippen molar-refractivity contribution in [3.63, 3.8) is 0 Å². The zero-order chi connectivity index (χ0) is 9.97. The molecule has 78 valence electrons. The third-order valence-corrected chi connectivity index (χ3v) is 2.25. The van der Waals surface area contributed by atoms with Crippen LogP contribution in [-0.4, -0.2) is 46.0 Å². The van der Waals surface area contributed by atoms with Gasteiger partial charge in [0.05, 0.1) is 31.7 Å². The third kappa shape index (κ3) is 1.77. The minimum absolute atomic E-state index is 0.319. The van der Waals surface area contributed by atoms with E-state index in [1.807, 2.05) is 0 Å². The largest absolute Gasteiger partial charge is 0.384 e. The highest BCUT2D eigenvalue weighted by molar-refractivity contribution is 5.01. The molecule has 6 heteroatoms. The molecule has 14 heavy (non-hydrogen) atoms. The van der Waals surface area contributed by atoms with Crippen molar-refractivity contribution < 1.29 is 14.6 Å². The number of aliphatic hydroxyl groups is 1. The lowest BCUT2D eigenvalue weighted by Gasteiger charge is -2.26. The van der Waals surface area contributed by atoms with Crippen LogP contribution in [0, 0.1) is 0 Å². The zero-order valence-electron chi connectivity index (χ0n) is 7.96. The number of hydrogen-bond donors (Lipinski definition) is 1. The molecule has 1 aliphatic rings. The van der Waals surface area contributed by atoms with Gasteiger partial charge in [-0.2, -0.15) is 0 Å². The van der Waals surface area contributed by atoms with Gasteiger partial charge >= 0.3 is 0 Å². The van der Waals surface area contributed by atoms with E-state index in [1.54, 1.807) is 7.05 Å². The topological polar surface area (TPSA) is 69.4 Å². The Kier molecular flexibility index (Phi) is 2.76. The van der Waals surface area contributed by atoms with Gasteiger partial charge < -0.3 is 14.6 Å². The Hall–Kier alpha value is -0.980. The van der Waals surface area contributed by atoms with Gasteiger partial charge in [-0.05, 0) is 0 Å². The summed E-state index contributed by atoms with van der Waals surface area (Å²) >= 11 is 0. The highest BCUT2D eigenvalue weighted by atomic mass is 16.6. The summed E-state index contributed by atoms with van der Waals surface area (Å²) in [7, 11) is 1.73. The van der Waals surface area contributed by atoms with Crippen molar-refractivity contribution in [3.05, 3.63) is 11.9 Å². The molecular formula is C8H13N3O3. The minimum Gasteiger partial charge on any atom is -0.384 e. The Morgan fingerprint density at radius 1 is 1.64 bits per heavy atom. The molecule has 0 amide bonds. The summed E-state index contributed by atoms with van der Waals surface area (Å²) in [4.78, 5) is 0. The standard InChI is InChI=1S/C8H13N3O3/c1-11-6(4-9-10-11)8(12)7-5-13-2-3-14-7/h4,7-8,12H,2-3,5H2,1H3. The smallest absolute Gasteiger partial charge is 0.126 e. The summed E-state index contributed by atoms with van der Waals surface area (Å²) in [5, 5.41) is 17.3. The van der Waals surface area contributed by atoms with Gasteiger partial charge in [0.2, 0.25) is 0 Å². The van der Waals surface area contributed by atoms with Crippen LogP contribution < -0.4 is 0 Å². The van der Waals surface area contributed by atoms with E-state index >= 15 is 0 Å². The van der Waals surface area contributed by atoms with E-state index in [-0.39, 0.29) is 6.10 Å². The molecule has 6 nitrogen and oxygen atoms in total. The maximum Gasteiger partial charge on any atom is 0.126 e. The van der Waals surface area contributed by atoms with Gasteiger partial charge in [0.15, 0.2) is 0 Å². The molecule has 0 spiro atoms. The maximum absolute atomic E-state index is 9.91. The lowest BCUT2D eigenvalue weighted by molar-refractivity contribution is -0.135. The number of rotatable bonds is 2. The fraction of sp³-hybridized carbons (Fsp3) is 0.750. The molecule has 2 atom stereocenters. The Morgan fingerprint density at radius 3 is 3.07 bits per heavy atom. The van der Waals surface area contributed by atoms with Crippen LogP contribution in [0.4, 0.5) is 0 Å². The van der Waals surface area contributed by atoms with Gasteiger partial charge in [-0.3, -0.25) is 0 Å². The molecule has 0 radical (unpaired) electrons. The molecule has 2 heterocycles. The average molecular weight is 199 g/mol. The van der Waals surface area contributed by atoms with Gasteiger partial charge in [-0.1, -0.05) is 5.21 Å². The predicted octanol–water partition coefficient (Wildman–Crippen LogP) is -0.736. The second kappa shape index (κ2) is 4.04. The second-order valence-electron chi connectivity index (χ2n) is 3.21. The minimum atomic E-state index is -0.727. The molecule has 1 fully saturated rings. The Morgan fingerprint density at radius 2 is 2.50 bits per heavy atom. The number of aliphatic hydroxyl groups excluding tert-OH is 1. The summed E-state index contributed by atoms with van der Waals surface area (Å²) < 4.78 is 12.1. The Balaban J connectivity index is 2.07. The molecular weight excluding hydrogens is 186 g/mol. The van der Waals surface area contributed by atoms with Crippen LogP contribution in [0.15, 0.2) is 6.20 Å². The van der Waals surface area contributed by atoms with Crippen molar-refractivity contribution >= 4 is 0 Å². The monoisotopic (exact) mass is 199 g/mol. The molecule has 0 aliphatic carbocycles. The van der Waals surface area contributed by atoms with Crippen LogP contribution in [0.3, 0.4) is 0 Å². The van der Waals surface area contributed by atoms with Gasteiger partial charge in [0, 0.05) is 7.05 Å². The number of nitrogens with zero attached hydrogens (tertiary/aromatic N) is 3. The Labute approximate surface area is 81.4 Å². The lowest BCUT2D eigenvalue weighted by Crippen LogP contribution is -2.34. The molecule has 0 bridgehead atoms. The molecule has 2 unspecified atom stereocenters. The highest BCUT2D eigenvalue weighted by Crippen LogP contribution is 2.19. The molecule has 2 rings (SSSR count). The Bertz CT molecular complexity index is 296. The summed E-state index contributed by atoms with van der Waals surface area (Å²) in [6.45, 7) is 1.52. The normalized spacial score (nSPS) is 24.9. The van der Waals surface area contributed by atoms with Crippen molar-refractivity contribution in [3.8, 4) is 0 Å². The first-order chi connectivity index (χ1) is 6.79. The fourth-order valence-corrected chi connectivity index (χ4v) is 1.44. The molecule has 1 aromatic heterocycles. The number of aryl methyl sites for hydroxylation is 1. The van der Waals surface area contributed by atoms with Gasteiger partial charge in [-0.15, -0.1) is 5.10 Å². The third-order valence-electron chi connectivity index (χ3n) is 2.25. The van der Waals surface area contributed by atoms with E-state index in [2.05, 4.69) is 10.3 Å². The van der Waals surface area contributed by atoms with E-state index in [0.717, 1.165) is 0 Å². The predicted molar refractivity (Wildman–Crippen MR) is 46.5 cm³/mol. The summed E-state index contributed by atoms with van der Waals surface area (Å²) in [5.41, 5.74) is 0.639. The molecule has 0 saturated carbocycles. The molecule has 0 aromatic carbocycles. The molecule has 1 aromatic rings. The highest BCUT2D eigenvalue weighted by Gasteiger charge is 2.26. The second-order valence-corrected chi connectivity index (χ2v) is 3.21. The van der Waals surface area contributed by atoms with Gasteiger partial charge in [0.1, 0.15) is 12.2 Å². The van der Waals surface area contributed by atoms with Crippen LogP contribution in [0.25, 0.3) is 0 Å². The first-order valence-corrected chi connectivity index (χ1v) is 4.51. The van der Waals surface area contributed by atoms with E-state index < -0.39 is 6.10 Å². The average Bonchev–Trinajstić information content (AvgIpc) is 2.65. The molecule has 1 saturated heterocycles. The van der Waals surface area contributed by atoms with Crippen LogP contribution in [0.5, 0.6) is 0 Å². The van der Waals surface area contributed by atoms with Crippen LogP contribution in [0.2, 0.25) is 0 Å². The van der Waals surface area contributed by atoms with E-state index in [1.165, 1.54) is 10.9 Å². The molecule has 1 aliphatic heterocycles. The summed E-state index contributed by atoms with van der Waals surface area (Å²) in [6.07, 6.45) is 0.485. The van der Waals surface area contributed by atoms with Crippen molar-refractivity contribution in [1.82, 2.24) is 15.0 Å². The fourth-order valence-electron chi connectivity index (χ4n) is 1.44. The SMILES string of the molecule is Cn1nncc1C(O)C1COCCO1. The maximum atomic E-state index is 9.91. The summed E-state index contributed by atoms with van der Waals surface area (Å²) in [6, 6.07) is 0. The van der Waals surface area contributed by atoms with Crippen LogP contribution in [0.1, 0.15) is 11.8 Å². The number of hydrogen-bond acceptors (Lipinski definition) is 5. The number of aromatic nitrogens is 3. The van der Waals surface area contributed by atoms with Crippen molar-refractivity contribution in [2.24, 2.45) is 7.05 Å². The van der Waals surface area contributed by atoms with Crippen LogP contribution in [-0.2, 0) is 16.5 Å². The van der Waals surface area contributed by atoms with Gasteiger partial charge in [-0.25, -0.2) is 4.68 Å². The van der Waals surface area contributed by atoms with E-state index in [9.17, 15) is 5.11 Å². The quantitative estimate of drug-likeness (QED) is 0.679. The van der Waals surface area contributed by atoms with Crippen molar-refractivity contribution in [2.45, 2.75) is 12.2 Å². The molecule has 1 N–H and O–H groups in total. The first kappa shape index (κ1) is 9.57. The van der Waals surface area contributed by atoms with Crippen molar-refractivity contribution in [2.75, 3.05) is 19.8 Å². The summed E-state index contributed by atoms with van der Waals surface area (Å²) in [5.74, 6) is 0.